The van der Waals surface area contributed by atoms with Crippen molar-refractivity contribution in [3.63, 3.8) is 0 Å². The topological polar surface area (TPSA) is 29.5 Å². The Hall–Kier alpha value is -7.88. The van der Waals surface area contributed by atoms with E-state index in [1.54, 1.807) is 0 Å². The Kier molecular flexibility index (Phi) is 7.54. The Bertz CT molecular complexity index is 3570. The minimum atomic E-state index is 0.878. The van der Waals surface area contributed by atoms with Crippen LogP contribution in [0.1, 0.15) is 0 Å². The highest BCUT2D eigenvalue weighted by molar-refractivity contribution is 6.18. The molecule has 59 heavy (non-hydrogen) atoms. The van der Waals surface area contributed by atoms with Crippen molar-refractivity contribution in [2.75, 3.05) is 4.90 Å². The van der Waals surface area contributed by atoms with Crippen LogP contribution in [0.4, 0.5) is 17.1 Å². The lowest BCUT2D eigenvalue weighted by Crippen LogP contribution is -2.11. The zero-order valence-electron chi connectivity index (χ0n) is 32.0. The number of fused-ring (bicyclic) bond motifs is 9. The average Bonchev–Trinajstić information content (AvgIpc) is 3.89. The summed E-state index contributed by atoms with van der Waals surface area (Å²) in [5, 5.41) is 9.20. The number of benzene rings is 10. The molecular weight excluding hydrogens is 719 g/mol. The third-order valence-corrected chi connectivity index (χ3v) is 11.9. The summed E-state index contributed by atoms with van der Waals surface area (Å²) < 4.78 is 13.4. The number of hydrogen-bond donors (Lipinski definition) is 0. The molecule has 3 heteroatoms. The van der Waals surface area contributed by atoms with Gasteiger partial charge in [0.2, 0.25) is 0 Å². The van der Waals surface area contributed by atoms with E-state index < -0.39 is 0 Å². The highest BCUT2D eigenvalue weighted by atomic mass is 16.3. The van der Waals surface area contributed by atoms with Crippen LogP contribution in [-0.4, -0.2) is 0 Å². The molecule has 0 spiro atoms. The maximum Gasteiger partial charge on any atom is 0.143 e. The van der Waals surface area contributed by atoms with Crippen LogP contribution in [0.3, 0.4) is 0 Å². The van der Waals surface area contributed by atoms with E-state index >= 15 is 0 Å². The zero-order chi connectivity index (χ0) is 38.9. The molecule has 0 aliphatic rings. The van der Waals surface area contributed by atoms with E-state index in [0.717, 1.165) is 94.0 Å². The minimum Gasteiger partial charge on any atom is -0.455 e. The van der Waals surface area contributed by atoms with Crippen molar-refractivity contribution in [3.8, 4) is 33.4 Å². The van der Waals surface area contributed by atoms with Gasteiger partial charge >= 0.3 is 0 Å². The first kappa shape index (κ1) is 33.3. The second-order valence-corrected chi connectivity index (χ2v) is 15.2. The number of anilines is 3. The highest BCUT2D eigenvalue weighted by Crippen LogP contribution is 2.46. The van der Waals surface area contributed by atoms with Gasteiger partial charge in [0, 0.05) is 55.0 Å². The fraction of sp³-hybridized carbons (Fsp3) is 0. The molecule has 0 unspecified atom stereocenters. The molecule has 10 aromatic carbocycles. The molecule has 0 N–H and O–H groups in total. The summed E-state index contributed by atoms with van der Waals surface area (Å²) in [6, 6.07) is 75.7. The molecule has 0 aliphatic carbocycles. The zero-order valence-corrected chi connectivity index (χ0v) is 32.0. The van der Waals surface area contributed by atoms with Crippen molar-refractivity contribution in [1.29, 1.82) is 0 Å². The van der Waals surface area contributed by atoms with Crippen molar-refractivity contribution in [2.24, 2.45) is 0 Å². The van der Waals surface area contributed by atoms with Crippen LogP contribution in [-0.2, 0) is 0 Å². The van der Waals surface area contributed by atoms with E-state index in [-0.39, 0.29) is 0 Å². The largest absolute Gasteiger partial charge is 0.455 e. The van der Waals surface area contributed by atoms with Gasteiger partial charge in [-0.2, -0.15) is 0 Å². The number of nitrogens with zero attached hydrogens (tertiary/aromatic N) is 1. The smallest absolute Gasteiger partial charge is 0.143 e. The van der Waals surface area contributed by atoms with Crippen LogP contribution < -0.4 is 4.90 Å². The Labute approximate surface area is 340 Å². The molecule has 0 saturated carbocycles. The molecule has 0 atom stereocenters. The van der Waals surface area contributed by atoms with Gasteiger partial charge in [0.25, 0.3) is 0 Å². The Balaban J connectivity index is 1.06. The van der Waals surface area contributed by atoms with E-state index in [4.69, 9.17) is 8.83 Å². The summed E-state index contributed by atoms with van der Waals surface area (Å²) in [7, 11) is 0. The predicted octanol–water partition coefficient (Wildman–Crippen LogP) is 16.3. The molecule has 0 aliphatic heterocycles. The Morgan fingerprint density at radius 2 is 0.864 bits per heavy atom. The predicted molar refractivity (Wildman–Crippen MR) is 247 cm³/mol. The van der Waals surface area contributed by atoms with Crippen LogP contribution in [0.5, 0.6) is 0 Å². The molecule has 12 rings (SSSR count). The van der Waals surface area contributed by atoms with Gasteiger partial charge < -0.3 is 13.7 Å². The van der Waals surface area contributed by atoms with Crippen molar-refractivity contribution in [1.82, 2.24) is 0 Å². The summed E-state index contributed by atoms with van der Waals surface area (Å²) in [5.41, 5.74) is 13.3. The van der Waals surface area contributed by atoms with E-state index in [1.807, 2.05) is 12.1 Å². The fourth-order valence-corrected chi connectivity index (χ4v) is 9.12. The summed E-state index contributed by atoms with van der Waals surface area (Å²) in [5.74, 6) is 0. The van der Waals surface area contributed by atoms with Crippen LogP contribution in [0.25, 0.3) is 98.8 Å². The van der Waals surface area contributed by atoms with Crippen molar-refractivity contribution < 1.29 is 8.83 Å². The number of rotatable bonds is 6. The monoisotopic (exact) mass is 753 g/mol. The van der Waals surface area contributed by atoms with Gasteiger partial charge in [-0.25, -0.2) is 0 Å². The number of para-hydroxylation sites is 4. The Morgan fingerprint density at radius 3 is 1.73 bits per heavy atom. The first-order valence-electron chi connectivity index (χ1n) is 20.1. The lowest BCUT2D eigenvalue weighted by Gasteiger charge is -2.28. The van der Waals surface area contributed by atoms with Gasteiger partial charge in [0.05, 0.1) is 5.69 Å². The summed E-state index contributed by atoms with van der Waals surface area (Å²) in [6.07, 6.45) is 0. The summed E-state index contributed by atoms with van der Waals surface area (Å²) in [4.78, 5) is 2.38. The lowest BCUT2D eigenvalue weighted by atomic mass is 9.97. The first-order chi connectivity index (χ1) is 29.3. The van der Waals surface area contributed by atoms with Gasteiger partial charge in [-0.1, -0.05) is 170 Å². The average molecular weight is 754 g/mol. The van der Waals surface area contributed by atoms with Gasteiger partial charge in [0.15, 0.2) is 0 Å². The van der Waals surface area contributed by atoms with Crippen molar-refractivity contribution in [2.45, 2.75) is 0 Å². The summed E-state index contributed by atoms with van der Waals surface area (Å²) >= 11 is 0. The standard InChI is InChI=1S/C56H35NO2/c1-3-18-42-36(13-1)15-10-22-43(42)38-29-32-40(33-30-38)57(41-17-9-16-39(35-41)45-23-11-25-49-47-21-6-8-28-53(47)58-54(45)49)52-27-7-5-20-46(52)48-24-12-26-50-51-34-31-37-14-2-4-19-44(37)55(51)59-56(48)50/h1-35H. The van der Waals surface area contributed by atoms with Gasteiger partial charge in [0.1, 0.15) is 22.3 Å². The highest BCUT2D eigenvalue weighted by Gasteiger charge is 2.22. The molecule has 0 fully saturated rings. The Morgan fingerprint density at radius 1 is 0.288 bits per heavy atom. The van der Waals surface area contributed by atoms with E-state index in [2.05, 4.69) is 205 Å². The van der Waals surface area contributed by atoms with E-state index in [9.17, 15) is 0 Å². The van der Waals surface area contributed by atoms with E-state index in [0.29, 0.717) is 0 Å². The minimum absolute atomic E-state index is 0.878. The molecule has 12 aromatic rings. The third kappa shape index (κ3) is 5.36. The molecule has 2 aromatic heterocycles. The fourth-order valence-electron chi connectivity index (χ4n) is 9.12. The molecule has 0 bridgehead atoms. The molecule has 0 saturated heterocycles. The van der Waals surface area contributed by atoms with Gasteiger partial charge in [-0.3, -0.25) is 0 Å². The second kappa shape index (κ2) is 13.4. The molecule has 0 amide bonds. The normalized spacial score (nSPS) is 11.7. The van der Waals surface area contributed by atoms with Gasteiger partial charge in [-0.15, -0.1) is 0 Å². The maximum atomic E-state index is 6.91. The maximum absolute atomic E-state index is 6.91. The summed E-state index contributed by atoms with van der Waals surface area (Å²) in [6.45, 7) is 0. The molecule has 2 heterocycles. The van der Waals surface area contributed by atoms with Crippen LogP contribution >= 0.6 is 0 Å². The molecule has 0 radical (unpaired) electrons. The van der Waals surface area contributed by atoms with Gasteiger partial charge in [-0.05, 0) is 75.3 Å². The quantitative estimate of drug-likeness (QED) is 0.169. The van der Waals surface area contributed by atoms with Crippen LogP contribution in [0, 0.1) is 0 Å². The molecule has 276 valence electrons. The molecular formula is C56H35NO2. The lowest BCUT2D eigenvalue weighted by molar-refractivity contribution is 0.670. The van der Waals surface area contributed by atoms with Crippen molar-refractivity contribution in [3.05, 3.63) is 212 Å². The third-order valence-electron chi connectivity index (χ3n) is 11.9. The van der Waals surface area contributed by atoms with Crippen molar-refractivity contribution >= 4 is 82.5 Å². The number of hydrogen-bond acceptors (Lipinski definition) is 3. The van der Waals surface area contributed by atoms with Crippen LogP contribution in [0.2, 0.25) is 0 Å². The SMILES string of the molecule is c1cc(-c2cccc3c2oc2ccccc23)cc(N(c2ccc(-c3cccc4ccccc34)cc2)c2ccccc2-c2cccc3c2oc2c4ccccc4ccc32)c1. The van der Waals surface area contributed by atoms with E-state index in [1.165, 1.54) is 21.9 Å². The number of furan rings is 2. The van der Waals surface area contributed by atoms with Crippen LogP contribution in [0.15, 0.2) is 221 Å². The first-order valence-corrected chi connectivity index (χ1v) is 20.1. The molecule has 3 nitrogen and oxygen atoms in total. The second-order valence-electron chi connectivity index (χ2n) is 15.2.